The van der Waals surface area contributed by atoms with Crippen molar-refractivity contribution in [1.82, 2.24) is 9.47 Å². The summed E-state index contributed by atoms with van der Waals surface area (Å²) in [5.41, 5.74) is 6.57. The Balaban J connectivity index is 2.03. The van der Waals surface area contributed by atoms with Gasteiger partial charge in [-0.15, -0.1) is 0 Å². The fraction of sp³-hybridized carbons (Fsp3) is 0.462. The van der Waals surface area contributed by atoms with Crippen LogP contribution in [0.2, 0.25) is 0 Å². The fourth-order valence-corrected chi connectivity index (χ4v) is 2.15. The quantitative estimate of drug-likeness (QED) is 0.882. The first-order valence-corrected chi connectivity index (χ1v) is 6.18. The number of nitrogens with zero attached hydrogens (tertiary/aromatic N) is 2. The molecule has 0 bridgehead atoms. The maximum Gasteiger partial charge on any atom is 0.255 e. The topological polar surface area (TPSA) is 51.3 Å². The molecule has 2 heterocycles. The molecule has 2 N–H and O–H groups in total. The number of hydrogen-bond donors (Lipinski definition) is 1. The minimum atomic E-state index is 0.0600. The lowest BCUT2D eigenvalue weighted by Gasteiger charge is -2.13. The highest BCUT2D eigenvalue weighted by Gasteiger charge is 2.19. The standard InChI is InChI=1S/C13H18FN3O/c14-7-11(8-15)9-16-6-3-12(10-16)13(18)17-4-1-2-5-17/h3,6-7,10H,1-2,4-5,8-9,15H2/b11-7+. The van der Waals surface area contributed by atoms with Crippen LogP contribution in [0, 0.1) is 0 Å². The Morgan fingerprint density at radius 3 is 2.78 bits per heavy atom. The molecule has 0 unspecified atom stereocenters. The Bertz CT molecular complexity index is 447. The van der Waals surface area contributed by atoms with E-state index in [0.717, 1.165) is 25.9 Å². The summed E-state index contributed by atoms with van der Waals surface area (Å²) in [4.78, 5) is 13.9. The molecule has 4 nitrogen and oxygen atoms in total. The van der Waals surface area contributed by atoms with Gasteiger partial charge in [0.2, 0.25) is 0 Å². The van der Waals surface area contributed by atoms with Crippen LogP contribution < -0.4 is 5.73 Å². The van der Waals surface area contributed by atoms with E-state index in [-0.39, 0.29) is 12.5 Å². The Morgan fingerprint density at radius 1 is 1.44 bits per heavy atom. The average molecular weight is 251 g/mol. The number of likely N-dealkylation sites (tertiary alicyclic amines) is 1. The molecular weight excluding hydrogens is 233 g/mol. The Morgan fingerprint density at radius 2 is 2.17 bits per heavy atom. The van der Waals surface area contributed by atoms with E-state index in [4.69, 9.17) is 5.73 Å². The second-order valence-electron chi connectivity index (χ2n) is 4.54. The summed E-state index contributed by atoms with van der Waals surface area (Å²) in [6.07, 6.45) is 6.22. The van der Waals surface area contributed by atoms with Crippen LogP contribution in [0.15, 0.2) is 30.4 Å². The van der Waals surface area contributed by atoms with Crippen LogP contribution in [0.3, 0.4) is 0 Å². The third-order valence-corrected chi connectivity index (χ3v) is 3.19. The third kappa shape index (κ3) is 2.79. The second kappa shape index (κ2) is 5.82. The minimum Gasteiger partial charge on any atom is -0.349 e. The van der Waals surface area contributed by atoms with E-state index in [1.165, 1.54) is 0 Å². The predicted octanol–water partition coefficient (Wildman–Crippen LogP) is 1.54. The third-order valence-electron chi connectivity index (χ3n) is 3.19. The zero-order valence-corrected chi connectivity index (χ0v) is 10.3. The zero-order valence-electron chi connectivity index (χ0n) is 10.3. The van der Waals surface area contributed by atoms with Gasteiger partial charge in [-0.1, -0.05) is 0 Å². The van der Waals surface area contributed by atoms with E-state index in [1.54, 1.807) is 23.0 Å². The predicted molar refractivity (Wildman–Crippen MR) is 67.8 cm³/mol. The van der Waals surface area contributed by atoms with Crippen molar-refractivity contribution in [3.05, 3.63) is 35.9 Å². The molecule has 1 aromatic heterocycles. The molecule has 0 radical (unpaired) electrons. The van der Waals surface area contributed by atoms with Gasteiger partial charge in [0.05, 0.1) is 11.9 Å². The summed E-state index contributed by atoms with van der Waals surface area (Å²) in [6.45, 7) is 2.25. The highest BCUT2D eigenvalue weighted by atomic mass is 19.1. The van der Waals surface area contributed by atoms with Crippen LogP contribution in [0.25, 0.3) is 0 Å². The van der Waals surface area contributed by atoms with Crippen molar-refractivity contribution in [3.8, 4) is 0 Å². The average Bonchev–Trinajstić information content (AvgIpc) is 3.06. The van der Waals surface area contributed by atoms with Gasteiger partial charge in [0.25, 0.3) is 5.91 Å². The van der Waals surface area contributed by atoms with Gasteiger partial charge >= 0.3 is 0 Å². The van der Waals surface area contributed by atoms with Gasteiger partial charge in [-0.25, -0.2) is 4.39 Å². The van der Waals surface area contributed by atoms with Crippen molar-refractivity contribution in [2.24, 2.45) is 5.73 Å². The number of carbonyl (C=O) groups excluding carboxylic acids is 1. The Labute approximate surface area is 106 Å². The molecule has 1 aliphatic rings. The number of aromatic nitrogens is 1. The fourth-order valence-electron chi connectivity index (χ4n) is 2.15. The van der Waals surface area contributed by atoms with Crippen molar-refractivity contribution >= 4 is 5.91 Å². The van der Waals surface area contributed by atoms with Gasteiger partial charge < -0.3 is 15.2 Å². The number of hydrogen-bond acceptors (Lipinski definition) is 2. The summed E-state index contributed by atoms with van der Waals surface area (Å²) >= 11 is 0. The smallest absolute Gasteiger partial charge is 0.255 e. The van der Waals surface area contributed by atoms with Crippen molar-refractivity contribution in [3.63, 3.8) is 0 Å². The van der Waals surface area contributed by atoms with E-state index in [1.807, 2.05) is 4.90 Å². The lowest BCUT2D eigenvalue weighted by molar-refractivity contribution is 0.0793. The first-order valence-electron chi connectivity index (χ1n) is 6.18. The van der Waals surface area contributed by atoms with Crippen LogP contribution in [0.5, 0.6) is 0 Å². The number of rotatable bonds is 4. The number of amides is 1. The van der Waals surface area contributed by atoms with E-state index in [9.17, 15) is 9.18 Å². The first kappa shape index (κ1) is 12.8. The molecule has 5 heteroatoms. The molecule has 0 atom stereocenters. The van der Waals surface area contributed by atoms with E-state index in [0.29, 0.717) is 24.0 Å². The molecule has 0 spiro atoms. The SMILES string of the molecule is NC/C(=C\F)Cn1ccc(C(=O)N2CCCC2)c1. The molecular formula is C13H18FN3O. The molecule has 1 aromatic rings. The summed E-state index contributed by atoms with van der Waals surface area (Å²) < 4.78 is 14.2. The number of halogens is 1. The van der Waals surface area contributed by atoms with Crippen molar-refractivity contribution in [2.45, 2.75) is 19.4 Å². The molecule has 1 aliphatic heterocycles. The summed E-state index contributed by atoms with van der Waals surface area (Å²) in [5.74, 6) is 0.0600. The van der Waals surface area contributed by atoms with Crippen molar-refractivity contribution in [2.75, 3.05) is 19.6 Å². The lowest BCUT2D eigenvalue weighted by atomic mass is 10.3. The van der Waals surface area contributed by atoms with Gasteiger partial charge in [0, 0.05) is 38.6 Å². The molecule has 2 rings (SSSR count). The van der Waals surface area contributed by atoms with E-state index >= 15 is 0 Å². The van der Waals surface area contributed by atoms with Gasteiger partial charge in [-0.3, -0.25) is 4.79 Å². The number of nitrogens with two attached hydrogens (primary N) is 1. The van der Waals surface area contributed by atoms with Crippen LogP contribution in [-0.4, -0.2) is 35.0 Å². The molecule has 1 amide bonds. The monoisotopic (exact) mass is 251 g/mol. The van der Waals surface area contributed by atoms with Crippen LogP contribution in [-0.2, 0) is 6.54 Å². The van der Waals surface area contributed by atoms with Gasteiger partial charge in [0.15, 0.2) is 0 Å². The summed E-state index contributed by atoms with van der Waals surface area (Å²) in [5, 5.41) is 0. The van der Waals surface area contributed by atoms with Gasteiger partial charge in [-0.05, 0) is 24.5 Å². The zero-order chi connectivity index (χ0) is 13.0. The van der Waals surface area contributed by atoms with Crippen LogP contribution in [0.4, 0.5) is 4.39 Å². The highest BCUT2D eigenvalue weighted by Crippen LogP contribution is 2.13. The van der Waals surface area contributed by atoms with Crippen molar-refractivity contribution < 1.29 is 9.18 Å². The summed E-state index contributed by atoms with van der Waals surface area (Å²) in [7, 11) is 0. The molecule has 0 saturated carbocycles. The second-order valence-corrected chi connectivity index (χ2v) is 4.54. The molecule has 1 saturated heterocycles. The van der Waals surface area contributed by atoms with Gasteiger partial charge in [0.1, 0.15) is 0 Å². The lowest BCUT2D eigenvalue weighted by Crippen LogP contribution is -2.27. The maximum absolute atomic E-state index is 12.4. The van der Waals surface area contributed by atoms with Crippen LogP contribution in [0.1, 0.15) is 23.2 Å². The molecule has 0 aromatic carbocycles. The normalized spacial score (nSPS) is 16.3. The molecule has 18 heavy (non-hydrogen) atoms. The molecule has 0 aliphatic carbocycles. The maximum atomic E-state index is 12.4. The largest absolute Gasteiger partial charge is 0.349 e. The Kier molecular flexibility index (Phi) is 4.15. The summed E-state index contributed by atoms with van der Waals surface area (Å²) in [6, 6.07) is 1.77. The highest BCUT2D eigenvalue weighted by molar-refractivity contribution is 5.94. The first-order chi connectivity index (χ1) is 8.74. The van der Waals surface area contributed by atoms with Crippen molar-refractivity contribution in [1.29, 1.82) is 0 Å². The van der Waals surface area contributed by atoms with Crippen LogP contribution >= 0.6 is 0 Å². The van der Waals surface area contributed by atoms with E-state index < -0.39 is 0 Å². The van der Waals surface area contributed by atoms with Gasteiger partial charge in [-0.2, -0.15) is 0 Å². The van der Waals surface area contributed by atoms with E-state index in [2.05, 4.69) is 0 Å². The number of carbonyl (C=O) groups is 1. The molecule has 1 fully saturated rings. The minimum absolute atomic E-state index is 0.0600. The Hall–Kier alpha value is -1.62. The molecule has 98 valence electrons.